The Labute approximate surface area is 90.0 Å². The molecule has 0 aliphatic heterocycles. The second kappa shape index (κ2) is 4.91. The Kier molecular flexibility index (Phi) is 4.11. The SMILES string of the molecule is CCC(C)(O)CNC(C)c1cccs1. The first-order valence-corrected chi connectivity index (χ1v) is 5.92. The molecule has 80 valence electrons. The van der Waals surface area contributed by atoms with Crippen molar-refractivity contribution in [2.24, 2.45) is 0 Å². The number of thiophene rings is 1. The Morgan fingerprint density at radius 2 is 2.36 bits per heavy atom. The van der Waals surface area contributed by atoms with E-state index >= 15 is 0 Å². The molecular formula is C11H19NOS. The van der Waals surface area contributed by atoms with Crippen LogP contribution in [0.4, 0.5) is 0 Å². The molecular weight excluding hydrogens is 194 g/mol. The van der Waals surface area contributed by atoms with Gasteiger partial charge < -0.3 is 10.4 Å². The van der Waals surface area contributed by atoms with Crippen LogP contribution in [-0.2, 0) is 0 Å². The predicted octanol–water partition coefficient (Wildman–Crippen LogP) is 2.56. The lowest BCUT2D eigenvalue weighted by molar-refractivity contribution is 0.0535. The van der Waals surface area contributed by atoms with Crippen LogP contribution in [0.1, 0.15) is 38.1 Å². The Hall–Kier alpha value is -0.380. The summed E-state index contributed by atoms with van der Waals surface area (Å²) in [5.74, 6) is 0. The molecule has 0 saturated carbocycles. The third kappa shape index (κ3) is 3.40. The van der Waals surface area contributed by atoms with Gasteiger partial charge in [-0.25, -0.2) is 0 Å². The van der Waals surface area contributed by atoms with E-state index in [1.54, 1.807) is 11.3 Å². The first kappa shape index (κ1) is 11.7. The molecule has 14 heavy (non-hydrogen) atoms. The van der Waals surface area contributed by atoms with Crippen molar-refractivity contribution in [2.75, 3.05) is 6.54 Å². The summed E-state index contributed by atoms with van der Waals surface area (Å²) in [5.41, 5.74) is -0.592. The fourth-order valence-electron chi connectivity index (χ4n) is 1.14. The molecule has 0 amide bonds. The van der Waals surface area contributed by atoms with Crippen LogP contribution in [0.3, 0.4) is 0 Å². The van der Waals surface area contributed by atoms with Gasteiger partial charge in [-0.15, -0.1) is 11.3 Å². The molecule has 0 bridgehead atoms. The lowest BCUT2D eigenvalue weighted by atomic mass is 10.0. The Morgan fingerprint density at radius 1 is 1.64 bits per heavy atom. The largest absolute Gasteiger partial charge is 0.389 e. The molecule has 1 rings (SSSR count). The maximum absolute atomic E-state index is 9.81. The third-order valence-electron chi connectivity index (χ3n) is 2.52. The standard InChI is InChI=1S/C11H19NOS/c1-4-11(3,13)8-12-9(2)10-6-5-7-14-10/h5-7,9,12-13H,4,8H2,1-3H3. The minimum absolute atomic E-state index is 0.327. The van der Waals surface area contributed by atoms with Gasteiger partial charge in [-0.1, -0.05) is 13.0 Å². The summed E-state index contributed by atoms with van der Waals surface area (Å²) in [6, 6.07) is 4.49. The van der Waals surface area contributed by atoms with E-state index in [2.05, 4.69) is 29.8 Å². The number of rotatable bonds is 5. The van der Waals surface area contributed by atoms with Crippen molar-refractivity contribution in [2.45, 2.75) is 38.8 Å². The molecule has 1 aromatic rings. The van der Waals surface area contributed by atoms with Crippen molar-refractivity contribution in [3.05, 3.63) is 22.4 Å². The van der Waals surface area contributed by atoms with Gasteiger partial charge >= 0.3 is 0 Å². The van der Waals surface area contributed by atoms with Crippen molar-refractivity contribution in [1.29, 1.82) is 0 Å². The third-order valence-corrected chi connectivity index (χ3v) is 3.58. The van der Waals surface area contributed by atoms with Gasteiger partial charge in [-0.2, -0.15) is 0 Å². The van der Waals surface area contributed by atoms with Gasteiger partial charge in [0.1, 0.15) is 0 Å². The van der Waals surface area contributed by atoms with Crippen LogP contribution < -0.4 is 5.32 Å². The lowest BCUT2D eigenvalue weighted by Crippen LogP contribution is -2.38. The van der Waals surface area contributed by atoms with Crippen LogP contribution in [0.5, 0.6) is 0 Å². The summed E-state index contributed by atoms with van der Waals surface area (Å²) in [6.07, 6.45) is 0.775. The first-order valence-electron chi connectivity index (χ1n) is 5.04. The molecule has 2 atom stereocenters. The zero-order valence-electron chi connectivity index (χ0n) is 9.08. The summed E-state index contributed by atoms with van der Waals surface area (Å²) >= 11 is 1.75. The summed E-state index contributed by atoms with van der Waals surface area (Å²) < 4.78 is 0. The predicted molar refractivity (Wildman–Crippen MR) is 61.7 cm³/mol. The number of nitrogens with one attached hydrogen (secondary N) is 1. The van der Waals surface area contributed by atoms with Crippen molar-refractivity contribution < 1.29 is 5.11 Å². The van der Waals surface area contributed by atoms with Crippen molar-refractivity contribution >= 4 is 11.3 Å². The molecule has 1 heterocycles. The number of aliphatic hydroxyl groups is 1. The molecule has 1 aromatic heterocycles. The van der Waals surface area contributed by atoms with Gasteiger partial charge in [0.2, 0.25) is 0 Å². The van der Waals surface area contributed by atoms with Crippen LogP contribution in [0.2, 0.25) is 0 Å². The van der Waals surface area contributed by atoms with E-state index in [4.69, 9.17) is 0 Å². The minimum atomic E-state index is -0.592. The summed E-state index contributed by atoms with van der Waals surface area (Å²) in [7, 11) is 0. The molecule has 0 aliphatic carbocycles. The highest BCUT2D eigenvalue weighted by Crippen LogP contribution is 2.19. The van der Waals surface area contributed by atoms with Crippen LogP contribution in [0.25, 0.3) is 0 Å². The first-order chi connectivity index (χ1) is 6.55. The maximum atomic E-state index is 9.81. The molecule has 0 aromatic carbocycles. The summed E-state index contributed by atoms with van der Waals surface area (Å²) in [6.45, 7) is 6.62. The van der Waals surface area contributed by atoms with Crippen LogP contribution in [0, 0.1) is 0 Å². The van der Waals surface area contributed by atoms with E-state index in [1.165, 1.54) is 4.88 Å². The summed E-state index contributed by atoms with van der Waals surface area (Å²) in [5, 5.41) is 15.2. The van der Waals surface area contributed by atoms with Gasteiger partial charge in [0, 0.05) is 17.5 Å². The molecule has 2 unspecified atom stereocenters. The maximum Gasteiger partial charge on any atom is 0.0741 e. The highest BCUT2D eigenvalue weighted by molar-refractivity contribution is 7.10. The summed E-state index contributed by atoms with van der Waals surface area (Å²) in [4.78, 5) is 1.32. The zero-order valence-corrected chi connectivity index (χ0v) is 9.90. The van der Waals surface area contributed by atoms with Gasteiger partial charge in [0.05, 0.1) is 5.60 Å². The minimum Gasteiger partial charge on any atom is -0.389 e. The molecule has 0 aliphatic rings. The van der Waals surface area contributed by atoms with E-state index in [0.29, 0.717) is 12.6 Å². The second-order valence-electron chi connectivity index (χ2n) is 3.97. The molecule has 3 heteroatoms. The number of hydrogen-bond donors (Lipinski definition) is 2. The van der Waals surface area contributed by atoms with Crippen molar-refractivity contribution in [3.63, 3.8) is 0 Å². The average Bonchev–Trinajstić information content (AvgIpc) is 2.67. The fourth-order valence-corrected chi connectivity index (χ4v) is 1.90. The highest BCUT2D eigenvalue weighted by Gasteiger charge is 2.18. The molecule has 0 fully saturated rings. The van der Waals surface area contributed by atoms with E-state index < -0.39 is 5.60 Å². The molecule has 0 radical (unpaired) electrons. The Bertz CT molecular complexity index is 256. The topological polar surface area (TPSA) is 32.3 Å². The van der Waals surface area contributed by atoms with Crippen molar-refractivity contribution in [1.82, 2.24) is 5.32 Å². The quantitative estimate of drug-likeness (QED) is 0.788. The monoisotopic (exact) mass is 213 g/mol. The van der Waals surface area contributed by atoms with E-state index in [1.807, 2.05) is 13.8 Å². The van der Waals surface area contributed by atoms with Gasteiger partial charge in [0.15, 0.2) is 0 Å². The van der Waals surface area contributed by atoms with Crippen molar-refractivity contribution in [3.8, 4) is 0 Å². The van der Waals surface area contributed by atoms with Gasteiger partial charge in [-0.3, -0.25) is 0 Å². The van der Waals surface area contributed by atoms with E-state index in [9.17, 15) is 5.11 Å². The zero-order chi connectivity index (χ0) is 10.6. The fraction of sp³-hybridized carbons (Fsp3) is 0.636. The van der Waals surface area contributed by atoms with E-state index in [0.717, 1.165) is 6.42 Å². The number of hydrogen-bond acceptors (Lipinski definition) is 3. The molecule has 2 nitrogen and oxygen atoms in total. The van der Waals surface area contributed by atoms with Gasteiger partial charge in [0.25, 0.3) is 0 Å². The van der Waals surface area contributed by atoms with Crippen LogP contribution in [-0.4, -0.2) is 17.3 Å². The Balaban J connectivity index is 2.39. The molecule has 0 saturated heterocycles. The van der Waals surface area contributed by atoms with Crippen LogP contribution >= 0.6 is 11.3 Å². The lowest BCUT2D eigenvalue weighted by Gasteiger charge is -2.24. The normalized spacial score (nSPS) is 17.7. The van der Waals surface area contributed by atoms with Crippen LogP contribution in [0.15, 0.2) is 17.5 Å². The molecule has 0 spiro atoms. The smallest absolute Gasteiger partial charge is 0.0741 e. The molecule has 2 N–H and O–H groups in total. The average molecular weight is 213 g/mol. The Morgan fingerprint density at radius 3 is 2.86 bits per heavy atom. The van der Waals surface area contributed by atoms with Gasteiger partial charge in [-0.05, 0) is 31.7 Å². The second-order valence-corrected chi connectivity index (χ2v) is 4.95. The highest BCUT2D eigenvalue weighted by atomic mass is 32.1. The van der Waals surface area contributed by atoms with E-state index in [-0.39, 0.29) is 0 Å².